The fraction of sp³-hybridized carbons (Fsp3) is 0.462. The number of halogens is 3. The van der Waals surface area contributed by atoms with Crippen molar-refractivity contribution in [2.75, 3.05) is 18.4 Å². The maximum Gasteiger partial charge on any atom is 0.416 e. The summed E-state index contributed by atoms with van der Waals surface area (Å²) in [4.78, 5) is 11.9. The van der Waals surface area contributed by atoms with Crippen molar-refractivity contribution in [3.05, 3.63) is 29.8 Å². The van der Waals surface area contributed by atoms with Crippen molar-refractivity contribution in [3.63, 3.8) is 0 Å². The van der Waals surface area contributed by atoms with E-state index in [1.165, 1.54) is 12.1 Å². The quantitative estimate of drug-likeness (QED) is 0.869. The monoisotopic (exact) mass is 272 g/mol. The second-order valence-electron chi connectivity index (χ2n) is 4.61. The van der Waals surface area contributed by atoms with E-state index >= 15 is 0 Å². The van der Waals surface area contributed by atoms with E-state index in [1.54, 1.807) is 0 Å². The van der Waals surface area contributed by atoms with Gasteiger partial charge < -0.3 is 10.6 Å². The molecule has 1 aliphatic rings. The number of anilines is 1. The molecule has 0 bridgehead atoms. The first-order chi connectivity index (χ1) is 8.97. The first kappa shape index (κ1) is 13.9. The summed E-state index contributed by atoms with van der Waals surface area (Å²) < 4.78 is 37.6. The molecule has 0 radical (unpaired) electrons. The number of carbonyl (C=O) groups is 1. The molecule has 0 saturated carbocycles. The highest BCUT2D eigenvalue weighted by atomic mass is 19.4. The highest BCUT2D eigenvalue weighted by Crippen LogP contribution is 2.30. The predicted molar refractivity (Wildman–Crippen MR) is 65.7 cm³/mol. The average Bonchev–Trinajstić information content (AvgIpc) is 2.39. The van der Waals surface area contributed by atoms with Gasteiger partial charge in [0.05, 0.1) is 11.5 Å². The number of alkyl halides is 3. The molecule has 0 spiro atoms. The molecule has 1 heterocycles. The molecule has 1 saturated heterocycles. The van der Waals surface area contributed by atoms with Gasteiger partial charge in [-0.05, 0) is 37.6 Å². The molecular weight excluding hydrogens is 257 g/mol. The van der Waals surface area contributed by atoms with Gasteiger partial charge in [-0.15, -0.1) is 0 Å². The van der Waals surface area contributed by atoms with Crippen LogP contribution in [0.3, 0.4) is 0 Å². The largest absolute Gasteiger partial charge is 0.416 e. The number of nitrogens with one attached hydrogen (secondary N) is 2. The van der Waals surface area contributed by atoms with Gasteiger partial charge in [-0.2, -0.15) is 13.2 Å². The lowest BCUT2D eigenvalue weighted by Crippen LogP contribution is -2.37. The lowest BCUT2D eigenvalue weighted by molar-refractivity contribution is -0.137. The van der Waals surface area contributed by atoms with Crippen LogP contribution in [-0.4, -0.2) is 19.0 Å². The van der Waals surface area contributed by atoms with Crippen LogP contribution in [0.1, 0.15) is 18.4 Å². The maximum absolute atomic E-state index is 12.5. The van der Waals surface area contributed by atoms with Crippen LogP contribution in [-0.2, 0) is 11.0 Å². The topological polar surface area (TPSA) is 41.1 Å². The highest BCUT2D eigenvalue weighted by Gasteiger charge is 2.30. The minimum atomic E-state index is -4.40. The summed E-state index contributed by atoms with van der Waals surface area (Å²) in [5, 5.41) is 5.64. The minimum absolute atomic E-state index is 0.178. The Hall–Kier alpha value is -1.56. The Labute approximate surface area is 109 Å². The van der Waals surface area contributed by atoms with E-state index in [9.17, 15) is 18.0 Å². The summed E-state index contributed by atoms with van der Waals surface area (Å²) >= 11 is 0. The molecule has 0 unspecified atom stereocenters. The van der Waals surface area contributed by atoms with Crippen molar-refractivity contribution in [3.8, 4) is 0 Å². The van der Waals surface area contributed by atoms with E-state index in [1.807, 2.05) is 0 Å². The van der Waals surface area contributed by atoms with E-state index in [2.05, 4.69) is 10.6 Å². The van der Waals surface area contributed by atoms with Crippen LogP contribution in [0.25, 0.3) is 0 Å². The molecule has 1 aromatic rings. The standard InChI is InChI=1S/C13H15F3N2O/c14-13(15,16)10-4-1-5-11(7-10)18-12(19)9-3-2-6-17-8-9/h1,4-5,7,9,17H,2-3,6,8H2,(H,18,19)/t9-/m0/s1. The number of carbonyl (C=O) groups excluding carboxylic acids is 1. The fourth-order valence-corrected chi connectivity index (χ4v) is 2.09. The third-order valence-corrected chi connectivity index (χ3v) is 3.13. The molecule has 1 aromatic carbocycles. The normalized spacial score (nSPS) is 20.1. The van der Waals surface area contributed by atoms with Gasteiger partial charge in [0, 0.05) is 12.2 Å². The van der Waals surface area contributed by atoms with Gasteiger partial charge >= 0.3 is 6.18 Å². The van der Waals surface area contributed by atoms with E-state index < -0.39 is 11.7 Å². The second-order valence-corrected chi connectivity index (χ2v) is 4.61. The third kappa shape index (κ3) is 3.70. The predicted octanol–water partition coefficient (Wildman–Crippen LogP) is 2.64. The third-order valence-electron chi connectivity index (χ3n) is 3.13. The molecule has 1 aliphatic heterocycles. The molecule has 3 nitrogen and oxygen atoms in total. The molecule has 19 heavy (non-hydrogen) atoms. The van der Waals surface area contributed by atoms with Gasteiger partial charge in [-0.1, -0.05) is 6.07 Å². The number of hydrogen-bond acceptors (Lipinski definition) is 2. The summed E-state index contributed by atoms with van der Waals surface area (Å²) in [5.74, 6) is -0.408. The molecule has 2 N–H and O–H groups in total. The lowest BCUT2D eigenvalue weighted by atomic mass is 9.99. The fourth-order valence-electron chi connectivity index (χ4n) is 2.09. The molecular formula is C13H15F3N2O. The number of benzene rings is 1. The van der Waals surface area contributed by atoms with Gasteiger partial charge in [0.2, 0.25) is 5.91 Å². The Morgan fingerprint density at radius 3 is 2.79 bits per heavy atom. The van der Waals surface area contributed by atoms with Crippen LogP contribution in [0, 0.1) is 5.92 Å². The minimum Gasteiger partial charge on any atom is -0.326 e. The summed E-state index contributed by atoms with van der Waals surface area (Å²) in [7, 11) is 0. The van der Waals surface area contributed by atoms with Crippen LogP contribution in [0.2, 0.25) is 0 Å². The van der Waals surface area contributed by atoms with Crippen molar-refractivity contribution in [2.45, 2.75) is 19.0 Å². The molecule has 104 valence electrons. The van der Waals surface area contributed by atoms with Crippen LogP contribution >= 0.6 is 0 Å². The zero-order valence-electron chi connectivity index (χ0n) is 10.3. The van der Waals surface area contributed by atoms with Gasteiger partial charge in [0.1, 0.15) is 0 Å². The SMILES string of the molecule is O=C(Nc1cccc(C(F)(F)F)c1)[C@H]1CCCNC1. The maximum atomic E-state index is 12.5. The Morgan fingerprint density at radius 1 is 1.37 bits per heavy atom. The van der Waals surface area contributed by atoms with Gasteiger partial charge in [-0.3, -0.25) is 4.79 Å². The van der Waals surface area contributed by atoms with Crippen molar-refractivity contribution in [1.82, 2.24) is 5.32 Å². The van der Waals surface area contributed by atoms with Crippen LogP contribution in [0.15, 0.2) is 24.3 Å². The van der Waals surface area contributed by atoms with Crippen molar-refractivity contribution >= 4 is 11.6 Å². The lowest BCUT2D eigenvalue weighted by Gasteiger charge is -2.22. The van der Waals surface area contributed by atoms with Crippen molar-refractivity contribution in [2.24, 2.45) is 5.92 Å². The smallest absolute Gasteiger partial charge is 0.326 e. The Balaban J connectivity index is 2.04. The van der Waals surface area contributed by atoms with Crippen LogP contribution < -0.4 is 10.6 Å². The first-order valence-electron chi connectivity index (χ1n) is 6.15. The second kappa shape index (κ2) is 5.61. The zero-order chi connectivity index (χ0) is 13.9. The van der Waals surface area contributed by atoms with Gasteiger partial charge in [0.15, 0.2) is 0 Å². The number of piperidine rings is 1. The summed E-state index contributed by atoms with van der Waals surface area (Å²) in [6.07, 6.45) is -2.73. The molecule has 0 aromatic heterocycles. The van der Waals surface area contributed by atoms with Gasteiger partial charge in [0.25, 0.3) is 0 Å². The van der Waals surface area contributed by atoms with Crippen molar-refractivity contribution in [1.29, 1.82) is 0 Å². The summed E-state index contributed by atoms with van der Waals surface area (Å²) in [5.41, 5.74) is -0.572. The van der Waals surface area contributed by atoms with Crippen LogP contribution in [0.4, 0.5) is 18.9 Å². The Bertz CT molecular complexity index is 453. The molecule has 2 rings (SSSR count). The summed E-state index contributed by atoms with van der Waals surface area (Å²) in [6, 6.07) is 4.69. The first-order valence-corrected chi connectivity index (χ1v) is 6.15. The van der Waals surface area contributed by atoms with E-state index in [0.717, 1.165) is 31.5 Å². The Morgan fingerprint density at radius 2 is 2.16 bits per heavy atom. The Kier molecular flexibility index (Phi) is 4.09. The van der Waals surface area contributed by atoms with E-state index in [0.29, 0.717) is 6.54 Å². The summed E-state index contributed by atoms with van der Waals surface area (Å²) in [6.45, 7) is 1.46. The van der Waals surface area contributed by atoms with Crippen molar-refractivity contribution < 1.29 is 18.0 Å². The van der Waals surface area contributed by atoms with Crippen LogP contribution in [0.5, 0.6) is 0 Å². The molecule has 0 aliphatic carbocycles. The van der Waals surface area contributed by atoms with E-state index in [4.69, 9.17) is 0 Å². The average molecular weight is 272 g/mol. The zero-order valence-corrected chi connectivity index (χ0v) is 10.3. The molecule has 6 heteroatoms. The number of amides is 1. The molecule has 1 amide bonds. The van der Waals surface area contributed by atoms with Gasteiger partial charge in [-0.25, -0.2) is 0 Å². The van der Waals surface area contributed by atoms with E-state index in [-0.39, 0.29) is 17.5 Å². The number of hydrogen-bond donors (Lipinski definition) is 2. The molecule has 1 atom stereocenters. The molecule has 1 fully saturated rings. The highest BCUT2D eigenvalue weighted by molar-refractivity contribution is 5.92. The number of rotatable bonds is 2.